The minimum absolute atomic E-state index is 0.178. The van der Waals surface area contributed by atoms with E-state index in [0.29, 0.717) is 23.8 Å². The third kappa shape index (κ3) is 2.08. The summed E-state index contributed by atoms with van der Waals surface area (Å²) in [6.45, 7) is 2.86. The Bertz CT molecular complexity index is 823. The number of nitrogens with zero attached hydrogens (tertiary/aromatic N) is 5. The van der Waals surface area contributed by atoms with Crippen molar-refractivity contribution < 1.29 is 0 Å². The van der Waals surface area contributed by atoms with Gasteiger partial charge in [-0.2, -0.15) is 0 Å². The van der Waals surface area contributed by atoms with Crippen molar-refractivity contribution in [2.75, 3.05) is 0 Å². The topological polar surface area (TPSA) is 65.6 Å². The zero-order chi connectivity index (χ0) is 14.1. The Labute approximate surface area is 119 Å². The largest absolute Gasteiger partial charge is 0.297 e. The molecule has 0 amide bonds. The van der Waals surface area contributed by atoms with Gasteiger partial charge in [-0.3, -0.25) is 9.36 Å². The summed E-state index contributed by atoms with van der Waals surface area (Å²) in [4.78, 5) is 16.3. The van der Waals surface area contributed by atoms with Gasteiger partial charge in [0.1, 0.15) is 6.33 Å². The first kappa shape index (κ1) is 12.8. The lowest BCUT2D eigenvalue weighted by Crippen LogP contribution is -2.20. The average Bonchev–Trinajstić information content (AvgIpc) is 2.86. The van der Waals surface area contributed by atoms with Crippen molar-refractivity contribution in [3.8, 4) is 0 Å². The summed E-state index contributed by atoms with van der Waals surface area (Å²) in [5, 5.41) is 8.58. The van der Waals surface area contributed by atoms with Crippen LogP contribution in [0.15, 0.2) is 35.4 Å². The van der Waals surface area contributed by atoms with E-state index in [1.165, 1.54) is 10.9 Å². The van der Waals surface area contributed by atoms with Gasteiger partial charge in [-0.25, -0.2) is 9.67 Å². The SMILES string of the molecule is CCn1cnc2c(nnn2Cc2ccccc2Cl)c1=O. The predicted molar refractivity (Wildman–Crippen MR) is 75.8 cm³/mol. The molecule has 0 spiro atoms. The highest BCUT2D eigenvalue weighted by molar-refractivity contribution is 6.31. The second kappa shape index (κ2) is 5.05. The fourth-order valence-corrected chi connectivity index (χ4v) is 2.20. The molecule has 6 nitrogen and oxygen atoms in total. The van der Waals surface area contributed by atoms with Gasteiger partial charge in [0.25, 0.3) is 5.56 Å². The molecule has 0 radical (unpaired) electrons. The number of aryl methyl sites for hydroxylation is 1. The first-order valence-corrected chi connectivity index (χ1v) is 6.60. The Hall–Kier alpha value is -2.21. The zero-order valence-electron chi connectivity index (χ0n) is 10.8. The van der Waals surface area contributed by atoms with Crippen LogP contribution in [0.3, 0.4) is 0 Å². The number of fused-ring (bicyclic) bond motifs is 1. The summed E-state index contributed by atoms with van der Waals surface area (Å²) >= 11 is 6.12. The van der Waals surface area contributed by atoms with Gasteiger partial charge in [0.15, 0.2) is 11.2 Å². The highest BCUT2D eigenvalue weighted by Gasteiger charge is 2.12. The lowest BCUT2D eigenvalue weighted by Gasteiger charge is -2.04. The van der Waals surface area contributed by atoms with E-state index in [9.17, 15) is 4.79 Å². The van der Waals surface area contributed by atoms with Crippen LogP contribution in [0.2, 0.25) is 5.02 Å². The lowest BCUT2D eigenvalue weighted by molar-refractivity contribution is 0.662. The molecule has 20 heavy (non-hydrogen) atoms. The molecule has 0 fully saturated rings. The van der Waals surface area contributed by atoms with E-state index in [1.54, 1.807) is 4.68 Å². The van der Waals surface area contributed by atoms with Crippen LogP contribution in [-0.4, -0.2) is 24.5 Å². The Balaban J connectivity index is 2.08. The van der Waals surface area contributed by atoms with Gasteiger partial charge in [0.2, 0.25) is 0 Å². The molecule has 7 heteroatoms. The smallest absolute Gasteiger partial charge is 0.283 e. The standard InChI is InChI=1S/C13H12ClN5O/c1-2-18-8-15-12-11(13(18)20)16-17-19(12)7-9-5-3-4-6-10(9)14/h3-6,8H,2,7H2,1H3. The maximum absolute atomic E-state index is 12.1. The number of rotatable bonds is 3. The van der Waals surface area contributed by atoms with Crippen LogP contribution in [0.25, 0.3) is 11.2 Å². The Morgan fingerprint density at radius 2 is 2.10 bits per heavy atom. The molecule has 3 rings (SSSR count). The van der Waals surface area contributed by atoms with Crippen LogP contribution in [-0.2, 0) is 13.1 Å². The monoisotopic (exact) mass is 289 g/mol. The molecule has 2 heterocycles. The second-order valence-electron chi connectivity index (χ2n) is 4.35. The molecule has 102 valence electrons. The van der Waals surface area contributed by atoms with Crippen molar-refractivity contribution in [3.63, 3.8) is 0 Å². The maximum atomic E-state index is 12.1. The van der Waals surface area contributed by atoms with E-state index in [1.807, 2.05) is 31.2 Å². The first-order valence-electron chi connectivity index (χ1n) is 6.22. The van der Waals surface area contributed by atoms with Crippen molar-refractivity contribution in [1.29, 1.82) is 0 Å². The fraction of sp³-hybridized carbons (Fsp3) is 0.231. The lowest BCUT2D eigenvalue weighted by atomic mass is 10.2. The van der Waals surface area contributed by atoms with Gasteiger partial charge in [-0.15, -0.1) is 5.10 Å². The average molecular weight is 290 g/mol. The van der Waals surface area contributed by atoms with E-state index in [0.717, 1.165) is 5.56 Å². The maximum Gasteiger partial charge on any atom is 0.283 e. The van der Waals surface area contributed by atoms with Crippen LogP contribution >= 0.6 is 11.6 Å². The Kier molecular flexibility index (Phi) is 3.23. The third-order valence-electron chi connectivity index (χ3n) is 3.11. The van der Waals surface area contributed by atoms with Gasteiger partial charge >= 0.3 is 0 Å². The van der Waals surface area contributed by atoms with Crippen LogP contribution < -0.4 is 5.56 Å². The fourth-order valence-electron chi connectivity index (χ4n) is 2.01. The van der Waals surface area contributed by atoms with Crippen molar-refractivity contribution >= 4 is 22.8 Å². The van der Waals surface area contributed by atoms with Gasteiger partial charge in [0.05, 0.1) is 6.54 Å². The molecular weight excluding hydrogens is 278 g/mol. The number of halogens is 1. The highest BCUT2D eigenvalue weighted by Crippen LogP contribution is 2.16. The summed E-state index contributed by atoms with van der Waals surface area (Å²) < 4.78 is 3.08. The van der Waals surface area contributed by atoms with E-state index in [4.69, 9.17) is 11.6 Å². The molecule has 0 saturated carbocycles. The quantitative estimate of drug-likeness (QED) is 0.736. The molecule has 1 aromatic carbocycles. The molecule has 0 aliphatic carbocycles. The summed E-state index contributed by atoms with van der Waals surface area (Å²) in [5.74, 6) is 0. The van der Waals surface area contributed by atoms with Crippen molar-refractivity contribution in [1.82, 2.24) is 24.5 Å². The molecule has 0 N–H and O–H groups in total. The van der Waals surface area contributed by atoms with Crippen LogP contribution in [0.5, 0.6) is 0 Å². The molecule has 0 aliphatic heterocycles. The molecule has 0 unspecified atom stereocenters. The van der Waals surface area contributed by atoms with Gasteiger partial charge in [-0.05, 0) is 18.6 Å². The van der Waals surface area contributed by atoms with Gasteiger partial charge < -0.3 is 0 Å². The number of hydrogen-bond acceptors (Lipinski definition) is 4. The minimum Gasteiger partial charge on any atom is -0.297 e. The number of hydrogen-bond donors (Lipinski definition) is 0. The van der Waals surface area contributed by atoms with Gasteiger partial charge in [-0.1, -0.05) is 35.0 Å². The predicted octanol–water partition coefficient (Wildman–Crippen LogP) is 1.71. The molecule has 0 bridgehead atoms. The second-order valence-corrected chi connectivity index (χ2v) is 4.75. The van der Waals surface area contributed by atoms with E-state index >= 15 is 0 Å². The highest BCUT2D eigenvalue weighted by atomic mass is 35.5. The van der Waals surface area contributed by atoms with Crippen molar-refractivity contribution in [2.45, 2.75) is 20.0 Å². The zero-order valence-corrected chi connectivity index (χ0v) is 11.6. The summed E-state index contributed by atoms with van der Waals surface area (Å²) in [6.07, 6.45) is 1.51. The van der Waals surface area contributed by atoms with Crippen LogP contribution in [0.1, 0.15) is 12.5 Å². The molecule has 2 aromatic heterocycles. The number of aromatic nitrogens is 5. The molecule has 0 saturated heterocycles. The molecule has 3 aromatic rings. The Morgan fingerprint density at radius 1 is 1.30 bits per heavy atom. The summed E-state index contributed by atoms with van der Waals surface area (Å²) in [5.41, 5.74) is 1.48. The van der Waals surface area contributed by atoms with Crippen molar-refractivity contribution in [2.24, 2.45) is 0 Å². The normalized spacial score (nSPS) is 11.1. The van der Waals surface area contributed by atoms with E-state index in [-0.39, 0.29) is 11.1 Å². The van der Waals surface area contributed by atoms with E-state index in [2.05, 4.69) is 15.3 Å². The minimum atomic E-state index is -0.178. The molecular formula is C13H12ClN5O. The van der Waals surface area contributed by atoms with Crippen molar-refractivity contribution in [3.05, 3.63) is 51.5 Å². The Morgan fingerprint density at radius 3 is 2.85 bits per heavy atom. The third-order valence-corrected chi connectivity index (χ3v) is 3.48. The molecule has 0 atom stereocenters. The van der Waals surface area contributed by atoms with Gasteiger partial charge in [0, 0.05) is 11.6 Å². The summed E-state index contributed by atoms with van der Waals surface area (Å²) in [7, 11) is 0. The van der Waals surface area contributed by atoms with E-state index < -0.39 is 0 Å². The first-order chi connectivity index (χ1) is 9.70. The number of benzene rings is 1. The summed E-state index contributed by atoms with van der Waals surface area (Å²) in [6, 6.07) is 7.48. The van der Waals surface area contributed by atoms with Crippen LogP contribution in [0, 0.1) is 0 Å². The molecule has 0 aliphatic rings. The van der Waals surface area contributed by atoms with Crippen LogP contribution in [0.4, 0.5) is 0 Å².